The topological polar surface area (TPSA) is 66.3 Å². The summed E-state index contributed by atoms with van der Waals surface area (Å²) in [5.41, 5.74) is 1.71. The van der Waals surface area contributed by atoms with E-state index >= 15 is 0 Å². The van der Waals surface area contributed by atoms with E-state index in [1.165, 1.54) is 0 Å². The van der Waals surface area contributed by atoms with Gasteiger partial charge in [0.25, 0.3) is 5.91 Å². The van der Waals surface area contributed by atoms with Crippen LogP contribution in [0.2, 0.25) is 0 Å². The minimum Gasteiger partial charge on any atom is -0.336 e. The van der Waals surface area contributed by atoms with Crippen molar-refractivity contribution in [1.82, 2.24) is 29.9 Å². The molecule has 7 nitrogen and oxygen atoms in total. The molecule has 2 aromatic rings. The third-order valence-electron chi connectivity index (χ3n) is 5.40. The van der Waals surface area contributed by atoms with Crippen LogP contribution < -0.4 is 5.32 Å². The van der Waals surface area contributed by atoms with Crippen LogP contribution in [0.3, 0.4) is 0 Å². The lowest BCUT2D eigenvalue weighted by Gasteiger charge is -2.23. The number of hydrogen-bond acceptors (Lipinski definition) is 6. The monoisotopic (exact) mass is 424 g/mol. The quantitative estimate of drug-likeness (QED) is 0.816. The number of aromatic nitrogens is 3. The van der Waals surface area contributed by atoms with Crippen molar-refractivity contribution in [1.29, 1.82) is 0 Å². The lowest BCUT2D eigenvalue weighted by atomic mass is 10.1. The van der Waals surface area contributed by atoms with Gasteiger partial charge in [-0.3, -0.25) is 14.4 Å². The van der Waals surface area contributed by atoms with Gasteiger partial charge in [0.1, 0.15) is 5.69 Å². The largest absolute Gasteiger partial charge is 0.336 e. The highest BCUT2D eigenvalue weighted by Gasteiger charge is 2.24. The van der Waals surface area contributed by atoms with E-state index in [2.05, 4.69) is 25.7 Å². The summed E-state index contributed by atoms with van der Waals surface area (Å²) in [5, 5.41) is 11.2. The Morgan fingerprint density at radius 2 is 2.18 bits per heavy atom. The smallest absolute Gasteiger partial charge is 0.274 e. The summed E-state index contributed by atoms with van der Waals surface area (Å²) in [6, 6.07) is 2.24. The molecule has 1 amide bonds. The van der Waals surface area contributed by atoms with Gasteiger partial charge in [0.15, 0.2) is 0 Å². The minimum atomic E-state index is 0. The van der Waals surface area contributed by atoms with Gasteiger partial charge in [-0.15, -0.1) is 23.7 Å². The van der Waals surface area contributed by atoms with Crippen molar-refractivity contribution < 1.29 is 4.79 Å². The van der Waals surface area contributed by atoms with Crippen LogP contribution in [-0.2, 0) is 6.54 Å². The molecule has 28 heavy (non-hydrogen) atoms. The van der Waals surface area contributed by atoms with Crippen LogP contribution in [0.4, 0.5) is 0 Å². The number of rotatable bonds is 4. The zero-order valence-electron chi connectivity index (χ0n) is 16.3. The van der Waals surface area contributed by atoms with E-state index in [1.807, 2.05) is 28.8 Å². The molecular weight excluding hydrogens is 396 g/mol. The molecule has 9 heteroatoms. The first-order valence-corrected chi connectivity index (χ1v) is 10.8. The normalized spacial score (nSPS) is 21.2. The third kappa shape index (κ3) is 5.11. The fourth-order valence-corrected chi connectivity index (χ4v) is 4.52. The molecule has 0 aromatic carbocycles. The molecule has 0 saturated carbocycles. The molecule has 2 aromatic heterocycles. The molecule has 1 unspecified atom stereocenters. The molecule has 2 fully saturated rings. The SMILES string of the molecule is Cc1nc(CN2CCCN(C(=O)c3ccn(C4CCCNC4)n3)CC2)cs1.Cl. The fourth-order valence-electron chi connectivity index (χ4n) is 3.92. The van der Waals surface area contributed by atoms with Gasteiger partial charge < -0.3 is 10.2 Å². The van der Waals surface area contributed by atoms with Gasteiger partial charge in [0.05, 0.1) is 16.7 Å². The van der Waals surface area contributed by atoms with Crippen molar-refractivity contribution in [2.45, 2.75) is 38.8 Å². The summed E-state index contributed by atoms with van der Waals surface area (Å²) >= 11 is 1.70. The second-order valence-electron chi connectivity index (χ2n) is 7.46. The molecule has 154 valence electrons. The van der Waals surface area contributed by atoms with Crippen molar-refractivity contribution in [3.63, 3.8) is 0 Å². The number of thiazole rings is 1. The molecule has 4 rings (SSSR count). The Morgan fingerprint density at radius 1 is 1.29 bits per heavy atom. The van der Waals surface area contributed by atoms with Crippen LogP contribution in [0, 0.1) is 6.92 Å². The van der Waals surface area contributed by atoms with E-state index in [9.17, 15) is 4.79 Å². The molecule has 4 heterocycles. The molecule has 2 saturated heterocycles. The fraction of sp³-hybridized carbons (Fsp3) is 0.632. The summed E-state index contributed by atoms with van der Waals surface area (Å²) in [6.45, 7) is 8.36. The number of nitrogens with zero attached hydrogens (tertiary/aromatic N) is 5. The number of piperidine rings is 1. The first-order valence-electron chi connectivity index (χ1n) is 9.87. The number of carbonyl (C=O) groups excluding carboxylic acids is 1. The van der Waals surface area contributed by atoms with Gasteiger partial charge in [-0.1, -0.05) is 0 Å². The maximum atomic E-state index is 12.9. The molecule has 2 aliphatic heterocycles. The van der Waals surface area contributed by atoms with E-state index in [1.54, 1.807) is 11.3 Å². The minimum absolute atomic E-state index is 0. The van der Waals surface area contributed by atoms with Gasteiger partial charge in [-0.25, -0.2) is 4.98 Å². The maximum Gasteiger partial charge on any atom is 0.274 e. The zero-order chi connectivity index (χ0) is 18.6. The number of hydrogen-bond donors (Lipinski definition) is 1. The van der Waals surface area contributed by atoms with Crippen LogP contribution in [0.15, 0.2) is 17.6 Å². The molecule has 0 radical (unpaired) electrons. The highest BCUT2D eigenvalue weighted by atomic mass is 35.5. The lowest BCUT2D eigenvalue weighted by molar-refractivity contribution is 0.0753. The Kier molecular flexibility index (Phi) is 7.45. The van der Waals surface area contributed by atoms with E-state index < -0.39 is 0 Å². The average molecular weight is 425 g/mol. The molecule has 2 aliphatic rings. The molecule has 1 N–H and O–H groups in total. The number of aryl methyl sites for hydroxylation is 1. The highest BCUT2D eigenvalue weighted by Crippen LogP contribution is 2.17. The maximum absolute atomic E-state index is 12.9. The summed E-state index contributed by atoms with van der Waals surface area (Å²) in [4.78, 5) is 21.8. The predicted molar refractivity (Wildman–Crippen MR) is 113 cm³/mol. The van der Waals surface area contributed by atoms with E-state index in [0.29, 0.717) is 11.7 Å². The van der Waals surface area contributed by atoms with Gasteiger partial charge in [-0.05, 0) is 38.8 Å². The van der Waals surface area contributed by atoms with Crippen LogP contribution in [0.25, 0.3) is 0 Å². The zero-order valence-corrected chi connectivity index (χ0v) is 18.0. The summed E-state index contributed by atoms with van der Waals surface area (Å²) in [5.74, 6) is 0.0591. The molecular formula is C19H29ClN6OS. The Hall–Kier alpha value is -1.48. The van der Waals surface area contributed by atoms with Crippen molar-refractivity contribution in [3.05, 3.63) is 34.0 Å². The third-order valence-corrected chi connectivity index (χ3v) is 6.22. The number of carbonyl (C=O) groups is 1. The molecule has 1 atom stereocenters. The Bertz CT molecular complexity index is 772. The Labute approximate surface area is 176 Å². The van der Waals surface area contributed by atoms with Gasteiger partial charge in [0, 0.05) is 50.8 Å². The van der Waals surface area contributed by atoms with Crippen LogP contribution in [0.1, 0.15) is 46.5 Å². The van der Waals surface area contributed by atoms with Crippen molar-refractivity contribution >= 4 is 29.7 Å². The van der Waals surface area contributed by atoms with Gasteiger partial charge in [0.2, 0.25) is 0 Å². The number of halogens is 1. The van der Waals surface area contributed by atoms with Crippen molar-refractivity contribution in [3.8, 4) is 0 Å². The second-order valence-corrected chi connectivity index (χ2v) is 8.52. The summed E-state index contributed by atoms with van der Waals surface area (Å²) < 4.78 is 1.97. The predicted octanol–water partition coefficient (Wildman–Crippen LogP) is 2.34. The van der Waals surface area contributed by atoms with E-state index in [-0.39, 0.29) is 18.3 Å². The van der Waals surface area contributed by atoms with Crippen LogP contribution >= 0.6 is 23.7 Å². The number of nitrogens with one attached hydrogen (secondary N) is 1. The standard InChI is InChI=1S/C19H28N6OS.ClH/c1-15-21-16(14-27-15)13-23-7-3-8-24(11-10-23)19(26)18-5-9-25(22-18)17-4-2-6-20-12-17;/h5,9,14,17,20H,2-4,6-8,10-13H2,1H3;1H. The number of amides is 1. The van der Waals surface area contributed by atoms with Crippen molar-refractivity contribution in [2.75, 3.05) is 39.3 Å². The van der Waals surface area contributed by atoms with Crippen LogP contribution in [-0.4, -0.2) is 69.7 Å². The van der Waals surface area contributed by atoms with Crippen molar-refractivity contribution in [2.24, 2.45) is 0 Å². The molecule has 0 spiro atoms. The van der Waals surface area contributed by atoms with Crippen LogP contribution in [0.5, 0.6) is 0 Å². The Morgan fingerprint density at radius 3 is 2.93 bits per heavy atom. The summed E-state index contributed by atoms with van der Waals surface area (Å²) in [6.07, 6.45) is 5.23. The van der Waals surface area contributed by atoms with E-state index in [0.717, 1.165) is 75.8 Å². The molecule has 0 aliphatic carbocycles. The molecule has 0 bridgehead atoms. The average Bonchev–Trinajstić information content (AvgIpc) is 3.27. The van der Waals surface area contributed by atoms with Gasteiger partial charge >= 0.3 is 0 Å². The lowest BCUT2D eigenvalue weighted by Crippen LogP contribution is -2.36. The second kappa shape index (κ2) is 9.82. The summed E-state index contributed by atoms with van der Waals surface area (Å²) in [7, 11) is 0. The van der Waals surface area contributed by atoms with E-state index in [4.69, 9.17) is 0 Å². The highest BCUT2D eigenvalue weighted by molar-refractivity contribution is 7.09. The first kappa shape index (κ1) is 21.2. The first-order chi connectivity index (χ1) is 13.2. The van der Waals surface area contributed by atoms with Gasteiger partial charge in [-0.2, -0.15) is 5.10 Å². The Balaban J connectivity index is 0.00000225.